The fourth-order valence-corrected chi connectivity index (χ4v) is 4.87. The molecule has 2 saturated carbocycles. The first-order valence-electron chi connectivity index (χ1n) is 10.7. The molecule has 2 heterocycles. The number of rotatable bonds is 6. The maximum Gasteiger partial charge on any atom is 0.234 e. The van der Waals surface area contributed by atoms with Gasteiger partial charge >= 0.3 is 0 Å². The van der Waals surface area contributed by atoms with E-state index in [9.17, 15) is 4.79 Å². The summed E-state index contributed by atoms with van der Waals surface area (Å²) in [5.41, 5.74) is 1.50. The number of piperidine rings is 1. The topological polar surface area (TPSA) is 53.6 Å². The average Bonchev–Trinajstić information content (AvgIpc) is 3.59. The number of nitrogens with one attached hydrogen (secondary N) is 2. The van der Waals surface area contributed by atoms with Crippen LogP contribution in [0.1, 0.15) is 50.0 Å². The van der Waals surface area contributed by atoms with E-state index in [1.807, 2.05) is 0 Å². The molecule has 0 aromatic heterocycles. The molecule has 5 rings (SSSR count). The predicted molar refractivity (Wildman–Crippen MR) is 105 cm³/mol. The van der Waals surface area contributed by atoms with E-state index in [0.29, 0.717) is 30.6 Å². The van der Waals surface area contributed by atoms with Gasteiger partial charge in [0.2, 0.25) is 5.91 Å². The molecular formula is C22H31N3O2. The van der Waals surface area contributed by atoms with Crippen molar-refractivity contribution in [2.24, 2.45) is 0 Å². The minimum Gasteiger partial charge on any atom is -0.373 e. The molecule has 146 valence electrons. The van der Waals surface area contributed by atoms with Gasteiger partial charge in [-0.2, -0.15) is 0 Å². The third-order valence-electron chi connectivity index (χ3n) is 6.75. The summed E-state index contributed by atoms with van der Waals surface area (Å²) in [6.45, 7) is 3.33. The van der Waals surface area contributed by atoms with E-state index >= 15 is 0 Å². The monoisotopic (exact) mass is 369 g/mol. The first-order chi connectivity index (χ1) is 13.2. The van der Waals surface area contributed by atoms with Gasteiger partial charge in [0.1, 0.15) is 0 Å². The van der Waals surface area contributed by atoms with Crippen molar-refractivity contribution in [1.82, 2.24) is 15.5 Å². The van der Waals surface area contributed by atoms with Crippen LogP contribution >= 0.6 is 0 Å². The molecule has 2 aliphatic heterocycles. The van der Waals surface area contributed by atoms with Gasteiger partial charge in [-0.3, -0.25) is 9.69 Å². The molecule has 1 aromatic carbocycles. The van der Waals surface area contributed by atoms with Crippen molar-refractivity contribution in [3.63, 3.8) is 0 Å². The number of carbonyl (C=O) groups excluding carboxylic acids is 1. The van der Waals surface area contributed by atoms with Crippen molar-refractivity contribution >= 4 is 5.91 Å². The van der Waals surface area contributed by atoms with Gasteiger partial charge in [-0.1, -0.05) is 30.3 Å². The van der Waals surface area contributed by atoms with Crippen molar-refractivity contribution in [2.75, 3.05) is 26.2 Å². The lowest BCUT2D eigenvalue weighted by molar-refractivity contribution is -0.123. The molecule has 2 saturated heterocycles. The molecule has 5 heteroatoms. The summed E-state index contributed by atoms with van der Waals surface area (Å²) in [4.78, 5) is 14.3. The van der Waals surface area contributed by atoms with Gasteiger partial charge in [-0.15, -0.1) is 0 Å². The predicted octanol–water partition coefficient (Wildman–Crippen LogP) is 2.03. The minimum atomic E-state index is 0.0399. The number of amides is 1. The lowest BCUT2D eigenvalue weighted by Crippen LogP contribution is -2.48. The second kappa shape index (κ2) is 7.19. The highest BCUT2D eigenvalue weighted by Crippen LogP contribution is 2.43. The number of likely N-dealkylation sites (tertiary alicyclic amines) is 1. The third-order valence-corrected chi connectivity index (χ3v) is 6.75. The fraction of sp³-hybridized carbons (Fsp3) is 0.682. The van der Waals surface area contributed by atoms with Crippen LogP contribution in [0.3, 0.4) is 0 Å². The average molecular weight is 370 g/mol. The van der Waals surface area contributed by atoms with Gasteiger partial charge < -0.3 is 15.4 Å². The summed E-state index contributed by atoms with van der Waals surface area (Å²) < 4.78 is 6.30. The molecule has 1 spiro atoms. The van der Waals surface area contributed by atoms with E-state index in [0.717, 1.165) is 51.8 Å². The Hall–Kier alpha value is -1.43. The molecule has 1 amide bonds. The van der Waals surface area contributed by atoms with E-state index in [2.05, 4.69) is 45.9 Å². The second-order valence-corrected chi connectivity index (χ2v) is 9.04. The summed E-state index contributed by atoms with van der Waals surface area (Å²) >= 11 is 0. The number of hydrogen-bond acceptors (Lipinski definition) is 4. The summed E-state index contributed by atoms with van der Waals surface area (Å²) in [6, 6.07) is 12.4. The Kier molecular flexibility index (Phi) is 4.70. The fourth-order valence-electron chi connectivity index (χ4n) is 4.87. The summed E-state index contributed by atoms with van der Waals surface area (Å²) in [5.74, 6) is 0.871. The van der Waals surface area contributed by atoms with Crippen molar-refractivity contribution < 1.29 is 9.53 Å². The standard InChI is InChI=1S/C22H31N3O2/c26-21(24-17-6-7-17)14-25-10-8-22(9-11-25)13-18(15-27-22)23-20-12-19(20)16-4-2-1-3-5-16/h1-5,17-20,23H,6-15H2,(H,24,26)/t18-,19+,20-/m1/s1. The first-order valence-corrected chi connectivity index (χ1v) is 10.7. The van der Waals surface area contributed by atoms with Crippen molar-refractivity contribution in [2.45, 2.75) is 68.2 Å². The van der Waals surface area contributed by atoms with Gasteiger partial charge in [0.25, 0.3) is 0 Å². The van der Waals surface area contributed by atoms with Gasteiger partial charge in [0, 0.05) is 37.1 Å². The summed E-state index contributed by atoms with van der Waals surface area (Å²) in [7, 11) is 0. The largest absolute Gasteiger partial charge is 0.373 e. The summed E-state index contributed by atoms with van der Waals surface area (Å²) in [5, 5.41) is 6.94. The van der Waals surface area contributed by atoms with Crippen LogP contribution in [0.5, 0.6) is 0 Å². The second-order valence-electron chi connectivity index (χ2n) is 9.04. The Morgan fingerprint density at radius 1 is 1.15 bits per heavy atom. The normalized spacial score (nSPS) is 32.5. The quantitative estimate of drug-likeness (QED) is 0.806. The Labute approximate surface area is 161 Å². The molecule has 2 N–H and O–H groups in total. The lowest BCUT2D eigenvalue weighted by atomic mass is 9.87. The first kappa shape index (κ1) is 17.7. The van der Waals surface area contributed by atoms with E-state index < -0.39 is 0 Å². The molecule has 0 unspecified atom stereocenters. The number of hydrogen-bond donors (Lipinski definition) is 2. The SMILES string of the molecule is O=C(CN1CCC2(CC1)C[C@@H](N[C@@H]1C[C@H]1c1ccccc1)CO2)NC1CC1. The van der Waals surface area contributed by atoms with Gasteiger partial charge in [0.05, 0.1) is 18.8 Å². The highest BCUT2D eigenvalue weighted by Gasteiger charge is 2.46. The zero-order chi connectivity index (χ0) is 18.3. The molecular weight excluding hydrogens is 338 g/mol. The maximum absolute atomic E-state index is 12.0. The number of nitrogens with zero attached hydrogens (tertiary/aromatic N) is 1. The maximum atomic E-state index is 12.0. The van der Waals surface area contributed by atoms with E-state index in [4.69, 9.17) is 4.74 Å². The minimum absolute atomic E-state index is 0.0399. The van der Waals surface area contributed by atoms with Crippen LogP contribution in [0.2, 0.25) is 0 Å². The number of carbonyl (C=O) groups is 1. The highest BCUT2D eigenvalue weighted by atomic mass is 16.5. The van der Waals surface area contributed by atoms with Crippen molar-refractivity contribution in [1.29, 1.82) is 0 Å². The molecule has 27 heavy (non-hydrogen) atoms. The van der Waals surface area contributed by atoms with Crippen molar-refractivity contribution in [3.05, 3.63) is 35.9 Å². The van der Waals surface area contributed by atoms with Gasteiger partial charge in [-0.25, -0.2) is 0 Å². The molecule has 5 nitrogen and oxygen atoms in total. The molecule has 3 atom stereocenters. The van der Waals surface area contributed by atoms with Crippen LogP contribution in [0.4, 0.5) is 0 Å². The van der Waals surface area contributed by atoms with Crippen LogP contribution < -0.4 is 10.6 Å². The van der Waals surface area contributed by atoms with E-state index in [1.165, 1.54) is 12.0 Å². The van der Waals surface area contributed by atoms with Crippen LogP contribution in [0.15, 0.2) is 30.3 Å². The number of ether oxygens (including phenoxy) is 1. The van der Waals surface area contributed by atoms with Crippen LogP contribution in [0.25, 0.3) is 0 Å². The third kappa shape index (κ3) is 4.20. The zero-order valence-corrected chi connectivity index (χ0v) is 16.0. The molecule has 4 aliphatic rings. The zero-order valence-electron chi connectivity index (χ0n) is 16.0. The Balaban J connectivity index is 1.06. The van der Waals surface area contributed by atoms with E-state index in [-0.39, 0.29) is 11.5 Å². The lowest BCUT2D eigenvalue weighted by Gasteiger charge is -2.38. The molecule has 4 fully saturated rings. The molecule has 0 bridgehead atoms. The smallest absolute Gasteiger partial charge is 0.234 e. The Morgan fingerprint density at radius 2 is 1.93 bits per heavy atom. The van der Waals surface area contributed by atoms with Gasteiger partial charge in [-0.05, 0) is 44.1 Å². The van der Waals surface area contributed by atoms with Crippen LogP contribution in [-0.4, -0.2) is 60.8 Å². The Bertz CT molecular complexity index is 667. The van der Waals surface area contributed by atoms with Gasteiger partial charge in [0.15, 0.2) is 0 Å². The molecule has 1 aromatic rings. The number of benzene rings is 1. The molecule has 0 radical (unpaired) electrons. The summed E-state index contributed by atoms with van der Waals surface area (Å²) in [6.07, 6.45) is 6.78. The van der Waals surface area contributed by atoms with E-state index in [1.54, 1.807) is 0 Å². The highest BCUT2D eigenvalue weighted by molar-refractivity contribution is 5.78. The Morgan fingerprint density at radius 3 is 2.67 bits per heavy atom. The van der Waals surface area contributed by atoms with Crippen LogP contribution in [-0.2, 0) is 9.53 Å². The van der Waals surface area contributed by atoms with Crippen LogP contribution in [0, 0.1) is 0 Å². The van der Waals surface area contributed by atoms with Crippen molar-refractivity contribution in [3.8, 4) is 0 Å². The molecule has 2 aliphatic carbocycles.